The lowest BCUT2D eigenvalue weighted by Gasteiger charge is -2.16. The van der Waals surface area contributed by atoms with Crippen LogP contribution in [0.3, 0.4) is 0 Å². The van der Waals surface area contributed by atoms with Gasteiger partial charge in [-0.3, -0.25) is 9.78 Å². The third-order valence-electron chi connectivity index (χ3n) is 4.01. The van der Waals surface area contributed by atoms with Crippen LogP contribution in [0.15, 0.2) is 12.3 Å². The Labute approximate surface area is 220 Å². The molecule has 0 aliphatic heterocycles. The van der Waals surface area contributed by atoms with Crippen molar-refractivity contribution in [1.29, 1.82) is 0 Å². The van der Waals surface area contributed by atoms with Gasteiger partial charge in [-0.2, -0.15) is 0 Å². The lowest BCUT2D eigenvalue weighted by Crippen LogP contribution is -1.97. The van der Waals surface area contributed by atoms with Crippen LogP contribution in [0.1, 0.15) is 10.4 Å². The second-order valence-electron chi connectivity index (χ2n) is 5.66. The van der Waals surface area contributed by atoms with Crippen LogP contribution in [0.2, 0.25) is 50.2 Å². The number of rotatable bonds is 3. The molecule has 1 heterocycles. The molecule has 3 aromatic rings. The smallest absolute Gasteiger partial charge is 0.150 e. The number of benzene rings is 2. The maximum atomic E-state index is 11.9. The summed E-state index contributed by atoms with van der Waals surface area (Å²) in [6.07, 6.45) is 1.89. The van der Waals surface area contributed by atoms with Crippen molar-refractivity contribution in [3.63, 3.8) is 0 Å². The molecule has 156 valence electrons. The summed E-state index contributed by atoms with van der Waals surface area (Å²) in [4.78, 5) is 16.2. The molecule has 1 aromatic heterocycles. The quantitative estimate of drug-likeness (QED) is 0.169. The molecule has 12 heteroatoms. The van der Waals surface area contributed by atoms with E-state index in [0.717, 1.165) is 0 Å². The Hall–Kier alpha value is 0.160. The largest absolute Gasteiger partial charge is 0.298 e. The number of aldehydes is 1. The fourth-order valence-corrected chi connectivity index (χ4v) is 5.26. The Morgan fingerprint density at radius 3 is 1.33 bits per heavy atom. The number of hydrogen-bond donors (Lipinski definition) is 0. The van der Waals surface area contributed by atoms with Gasteiger partial charge in [0.25, 0.3) is 0 Å². The van der Waals surface area contributed by atoms with E-state index >= 15 is 0 Å². The molecule has 0 saturated carbocycles. The Morgan fingerprint density at radius 1 is 0.567 bits per heavy atom. The number of carbonyl (C=O) groups excluding carboxylic acids is 1. The monoisotopic (exact) mass is 599 g/mol. The molecule has 0 saturated heterocycles. The Kier molecular flexibility index (Phi) is 7.91. The fraction of sp³-hybridized carbons (Fsp3) is 0. The molecule has 0 N–H and O–H groups in total. The zero-order valence-corrected chi connectivity index (χ0v) is 21.4. The van der Waals surface area contributed by atoms with Gasteiger partial charge >= 0.3 is 0 Å². The van der Waals surface area contributed by atoms with Gasteiger partial charge in [-0.05, 0) is 6.07 Å². The Morgan fingerprint density at radius 2 is 0.933 bits per heavy atom. The van der Waals surface area contributed by atoms with Gasteiger partial charge < -0.3 is 0 Å². The molecular weight excluding hydrogens is 601 g/mol. The maximum Gasteiger partial charge on any atom is 0.150 e. The molecular formula is C18H3Cl10NO. The summed E-state index contributed by atoms with van der Waals surface area (Å²) in [5.41, 5.74) is 0.963. The van der Waals surface area contributed by atoms with E-state index < -0.39 is 0 Å². The molecule has 0 aliphatic carbocycles. The minimum absolute atomic E-state index is 0.00219. The maximum absolute atomic E-state index is 11.9. The van der Waals surface area contributed by atoms with E-state index in [0.29, 0.717) is 6.29 Å². The number of pyridine rings is 1. The van der Waals surface area contributed by atoms with Gasteiger partial charge in [-0.15, -0.1) is 0 Å². The molecule has 0 aliphatic rings. The van der Waals surface area contributed by atoms with Crippen LogP contribution in [0.5, 0.6) is 0 Å². The van der Waals surface area contributed by atoms with E-state index in [-0.39, 0.29) is 78.2 Å². The summed E-state index contributed by atoms with van der Waals surface area (Å²) < 4.78 is 0. The first-order chi connectivity index (χ1) is 14.0. The van der Waals surface area contributed by atoms with Crippen molar-refractivity contribution < 1.29 is 4.79 Å². The van der Waals surface area contributed by atoms with Crippen LogP contribution in [0.4, 0.5) is 0 Å². The highest BCUT2D eigenvalue weighted by atomic mass is 35.5. The first kappa shape index (κ1) is 24.8. The van der Waals surface area contributed by atoms with Crippen LogP contribution in [-0.4, -0.2) is 11.3 Å². The summed E-state index contributed by atoms with van der Waals surface area (Å²) in [6, 6.07) is 1.40. The predicted molar refractivity (Wildman–Crippen MR) is 131 cm³/mol. The minimum Gasteiger partial charge on any atom is -0.298 e. The average Bonchev–Trinajstić information content (AvgIpc) is 2.74. The van der Waals surface area contributed by atoms with E-state index in [1.165, 1.54) is 12.3 Å². The fourth-order valence-electron chi connectivity index (χ4n) is 2.59. The van der Waals surface area contributed by atoms with Crippen LogP contribution in [0, 0.1) is 0 Å². The van der Waals surface area contributed by atoms with E-state index in [9.17, 15) is 4.79 Å². The summed E-state index contributed by atoms with van der Waals surface area (Å²) >= 11 is 61.7. The first-order valence-electron chi connectivity index (χ1n) is 7.51. The second-order valence-corrected chi connectivity index (χ2v) is 9.44. The summed E-state index contributed by atoms with van der Waals surface area (Å²) in [5, 5.41) is -0.0516. The van der Waals surface area contributed by atoms with Gasteiger partial charge in [0.15, 0.2) is 6.29 Å². The van der Waals surface area contributed by atoms with Crippen molar-refractivity contribution in [2.24, 2.45) is 0 Å². The highest BCUT2D eigenvalue weighted by molar-refractivity contribution is 6.57. The molecule has 0 spiro atoms. The van der Waals surface area contributed by atoms with Crippen molar-refractivity contribution in [3.05, 3.63) is 68.1 Å². The molecule has 2 nitrogen and oxygen atoms in total. The molecule has 0 fully saturated rings. The van der Waals surface area contributed by atoms with Gasteiger partial charge in [-0.1, -0.05) is 116 Å². The molecule has 0 bridgehead atoms. The van der Waals surface area contributed by atoms with Crippen LogP contribution in [0.25, 0.3) is 22.4 Å². The van der Waals surface area contributed by atoms with E-state index in [1.54, 1.807) is 0 Å². The van der Waals surface area contributed by atoms with Crippen LogP contribution < -0.4 is 0 Å². The third-order valence-corrected chi connectivity index (χ3v) is 8.56. The highest BCUT2D eigenvalue weighted by Crippen LogP contribution is 2.50. The zero-order valence-electron chi connectivity index (χ0n) is 13.9. The topological polar surface area (TPSA) is 30.0 Å². The van der Waals surface area contributed by atoms with Gasteiger partial charge in [-0.25, -0.2) is 0 Å². The molecule has 0 radical (unpaired) electrons. The van der Waals surface area contributed by atoms with E-state index in [4.69, 9.17) is 116 Å². The van der Waals surface area contributed by atoms with Crippen molar-refractivity contribution >= 4 is 122 Å². The molecule has 3 rings (SSSR count). The zero-order chi connectivity index (χ0) is 22.5. The lowest BCUT2D eigenvalue weighted by atomic mass is 10.00. The van der Waals surface area contributed by atoms with Gasteiger partial charge in [0.1, 0.15) is 0 Å². The molecule has 2 aromatic carbocycles. The molecule has 0 unspecified atom stereocenters. The van der Waals surface area contributed by atoms with E-state index in [2.05, 4.69) is 4.98 Å². The number of carbonyl (C=O) groups is 1. The van der Waals surface area contributed by atoms with Gasteiger partial charge in [0.05, 0.1) is 55.9 Å². The molecule has 0 amide bonds. The number of aromatic nitrogens is 1. The highest BCUT2D eigenvalue weighted by Gasteiger charge is 2.25. The number of hydrogen-bond acceptors (Lipinski definition) is 2. The van der Waals surface area contributed by atoms with Crippen molar-refractivity contribution in [2.75, 3.05) is 0 Å². The SMILES string of the molecule is O=Cc1cc(-c2c(Cl)c(Cl)c(Cl)c(Cl)c2Cl)ncc1-c1c(Cl)c(Cl)c(Cl)c(Cl)c1Cl. The van der Waals surface area contributed by atoms with Crippen molar-refractivity contribution in [2.45, 2.75) is 0 Å². The summed E-state index contributed by atoms with van der Waals surface area (Å²) in [6.45, 7) is 0. The minimum atomic E-state index is -0.0222. The summed E-state index contributed by atoms with van der Waals surface area (Å²) in [5.74, 6) is 0. The Balaban J connectivity index is 2.32. The van der Waals surface area contributed by atoms with Crippen LogP contribution in [-0.2, 0) is 0 Å². The number of nitrogens with zero attached hydrogens (tertiary/aromatic N) is 1. The normalized spacial score (nSPS) is 11.1. The lowest BCUT2D eigenvalue weighted by molar-refractivity contribution is 0.112. The predicted octanol–water partition coefficient (Wildman–Crippen LogP) is 10.8. The van der Waals surface area contributed by atoms with E-state index in [1.807, 2.05) is 0 Å². The first-order valence-corrected chi connectivity index (χ1v) is 11.3. The van der Waals surface area contributed by atoms with Crippen molar-refractivity contribution in [3.8, 4) is 22.4 Å². The molecule has 0 atom stereocenters. The molecule has 30 heavy (non-hydrogen) atoms. The van der Waals surface area contributed by atoms with Crippen molar-refractivity contribution in [1.82, 2.24) is 4.98 Å². The third kappa shape index (κ3) is 4.10. The standard InChI is InChI=1S/C18H3Cl10NO/c19-9-7(10(20)14(24)17(27)13(9)23)5-2-29-6(1-4(5)3-30)8-11(21)15(25)18(28)16(26)12(8)22/h1-3H. The van der Waals surface area contributed by atoms with Crippen LogP contribution >= 0.6 is 116 Å². The number of halogens is 10. The Bertz CT molecular complexity index is 1170. The van der Waals surface area contributed by atoms with Gasteiger partial charge in [0.2, 0.25) is 0 Å². The second kappa shape index (κ2) is 9.57. The average molecular weight is 604 g/mol. The summed E-state index contributed by atoms with van der Waals surface area (Å²) in [7, 11) is 0. The van der Waals surface area contributed by atoms with Gasteiger partial charge in [0, 0.05) is 28.5 Å².